The van der Waals surface area contributed by atoms with E-state index >= 15 is 0 Å². The third-order valence-corrected chi connectivity index (χ3v) is 3.93. The minimum absolute atomic E-state index is 0.0996. The minimum Gasteiger partial charge on any atom is -0.462 e. The van der Waals surface area contributed by atoms with Gasteiger partial charge in [0.05, 0.1) is 6.61 Å². The summed E-state index contributed by atoms with van der Waals surface area (Å²) in [5, 5.41) is 9.25. The van der Waals surface area contributed by atoms with Crippen LogP contribution >= 0.6 is 0 Å². The number of benzene rings is 2. The number of aliphatic hydroxyl groups excluding tert-OH is 1. The van der Waals surface area contributed by atoms with Crippen LogP contribution in [0, 0.1) is 6.92 Å². The minimum atomic E-state index is -0.367. The van der Waals surface area contributed by atoms with Crippen LogP contribution in [-0.2, 0) is 22.4 Å². The highest BCUT2D eigenvalue weighted by Crippen LogP contribution is 2.24. The van der Waals surface area contributed by atoms with E-state index in [1.54, 1.807) is 6.92 Å². The summed E-state index contributed by atoms with van der Waals surface area (Å²) in [5.74, 6) is -0.367. The first kappa shape index (κ1) is 18.0. The van der Waals surface area contributed by atoms with Gasteiger partial charge in [0.1, 0.15) is 0 Å². The summed E-state index contributed by atoms with van der Waals surface area (Å²) in [7, 11) is 0. The predicted octanol–water partition coefficient (Wildman–Crippen LogP) is 3.86. The van der Waals surface area contributed by atoms with E-state index in [-0.39, 0.29) is 12.6 Å². The maximum absolute atomic E-state index is 11.5. The van der Waals surface area contributed by atoms with Crippen molar-refractivity contribution in [1.29, 1.82) is 0 Å². The lowest BCUT2D eigenvalue weighted by molar-refractivity contribution is -0.138. The second kappa shape index (κ2) is 8.46. The molecule has 0 aliphatic carbocycles. The van der Waals surface area contributed by atoms with Gasteiger partial charge in [-0.05, 0) is 42.5 Å². The molecule has 0 aromatic heterocycles. The van der Waals surface area contributed by atoms with Crippen LogP contribution in [0.25, 0.3) is 11.1 Å². The Kier molecular flexibility index (Phi) is 6.33. The molecule has 0 aliphatic rings. The lowest BCUT2D eigenvalue weighted by atomic mass is 9.95. The summed E-state index contributed by atoms with van der Waals surface area (Å²) in [6, 6.07) is 14.6. The van der Waals surface area contributed by atoms with E-state index < -0.39 is 0 Å². The molecule has 0 radical (unpaired) electrons. The van der Waals surface area contributed by atoms with Crippen LogP contribution in [0.1, 0.15) is 23.6 Å². The normalized spacial score (nSPS) is 10.5. The van der Waals surface area contributed by atoms with Gasteiger partial charge < -0.3 is 9.84 Å². The molecule has 0 spiro atoms. The topological polar surface area (TPSA) is 46.5 Å². The third kappa shape index (κ3) is 4.80. The number of hydrogen-bond acceptors (Lipinski definition) is 3. The van der Waals surface area contributed by atoms with Gasteiger partial charge in [0.15, 0.2) is 0 Å². The maximum Gasteiger partial charge on any atom is 0.333 e. The van der Waals surface area contributed by atoms with Crippen LogP contribution in [0.5, 0.6) is 0 Å². The van der Waals surface area contributed by atoms with Crippen LogP contribution in [-0.4, -0.2) is 24.3 Å². The zero-order valence-corrected chi connectivity index (χ0v) is 14.3. The standard InChI is InChI=1S/C21H24O3/c1-15(2)21(23)24-13-11-20-14-19(9-8-18(20)10-12-22)17-6-4-16(3)5-7-17/h4-9,14,22H,1,10-13H2,2-3H3. The van der Waals surface area contributed by atoms with E-state index in [9.17, 15) is 9.90 Å². The molecule has 3 nitrogen and oxygen atoms in total. The molecule has 3 heteroatoms. The van der Waals surface area contributed by atoms with Crippen LogP contribution < -0.4 is 0 Å². The molecule has 0 atom stereocenters. The molecule has 0 heterocycles. The molecule has 0 amide bonds. The van der Waals surface area contributed by atoms with Crippen molar-refractivity contribution in [3.8, 4) is 11.1 Å². The Bertz CT molecular complexity index is 714. The number of rotatable bonds is 7. The van der Waals surface area contributed by atoms with E-state index in [0.29, 0.717) is 25.0 Å². The monoisotopic (exact) mass is 324 g/mol. The van der Waals surface area contributed by atoms with Crippen molar-refractivity contribution >= 4 is 5.97 Å². The molecular weight excluding hydrogens is 300 g/mol. The lowest BCUT2D eigenvalue weighted by Gasteiger charge is -2.12. The fourth-order valence-corrected chi connectivity index (χ4v) is 2.53. The predicted molar refractivity (Wildman–Crippen MR) is 96.9 cm³/mol. The summed E-state index contributed by atoms with van der Waals surface area (Å²) < 4.78 is 5.20. The van der Waals surface area contributed by atoms with Crippen molar-refractivity contribution in [2.75, 3.05) is 13.2 Å². The van der Waals surface area contributed by atoms with Crippen LogP contribution in [0.4, 0.5) is 0 Å². The summed E-state index contributed by atoms with van der Waals surface area (Å²) in [6.45, 7) is 7.69. The first-order valence-corrected chi connectivity index (χ1v) is 8.13. The Balaban J connectivity index is 2.19. The molecule has 0 unspecified atom stereocenters. The molecule has 0 bridgehead atoms. The number of aliphatic hydroxyl groups is 1. The second-order valence-electron chi connectivity index (χ2n) is 5.99. The number of aryl methyl sites for hydroxylation is 1. The lowest BCUT2D eigenvalue weighted by Crippen LogP contribution is -2.09. The largest absolute Gasteiger partial charge is 0.462 e. The Hall–Kier alpha value is -2.39. The molecule has 0 aliphatic heterocycles. The first-order valence-electron chi connectivity index (χ1n) is 8.13. The zero-order valence-electron chi connectivity index (χ0n) is 14.3. The third-order valence-electron chi connectivity index (χ3n) is 3.93. The smallest absolute Gasteiger partial charge is 0.333 e. The molecule has 2 rings (SSSR count). The number of carbonyl (C=O) groups excluding carboxylic acids is 1. The van der Waals surface area contributed by atoms with Gasteiger partial charge in [-0.15, -0.1) is 0 Å². The summed E-state index contributed by atoms with van der Waals surface area (Å²) in [6.07, 6.45) is 1.21. The molecule has 24 heavy (non-hydrogen) atoms. The van der Waals surface area contributed by atoms with E-state index in [1.807, 2.05) is 6.07 Å². The van der Waals surface area contributed by atoms with Gasteiger partial charge in [0.2, 0.25) is 0 Å². The molecular formula is C21H24O3. The summed E-state index contributed by atoms with van der Waals surface area (Å²) in [4.78, 5) is 11.5. The quantitative estimate of drug-likeness (QED) is 0.621. The van der Waals surface area contributed by atoms with Gasteiger partial charge in [-0.1, -0.05) is 54.6 Å². The molecule has 0 saturated carbocycles. The van der Waals surface area contributed by atoms with Crippen LogP contribution in [0.3, 0.4) is 0 Å². The van der Waals surface area contributed by atoms with Gasteiger partial charge >= 0.3 is 5.97 Å². The van der Waals surface area contributed by atoms with Crippen molar-refractivity contribution in [2.24, 2.45) is 0 Å². The van der Waals surface area contributed by atoms with E-state index in [2.05, 4.69) is 49.9 Å². The highest BCUT2D eigenvalue weighted by Gasteiger charge is 2.08. The number of esters is 1. The van der Waals surface area contributed by atoms with Crippen molar-refractivity contribution in [3.05, 3.63) is 71.3 Å². The highest BCUT2D eigenvalue weighted by atomic mass is 16.5. The SMILES string of the molecule is C=C(C)C(=O)OCCc1cc(-c2ccc(C)cc2)ccc1CCO. The number of ether oxygens (including phenoxy) is 1. The van der Waals surface area contributed by atoms with Gasteiger partial charge in [-0.2, -0.15) is 0 Å². The van der Waals surface area contributed by atoms with Gasteiger partial charge in [-0.3, -0.25) is 0 Å². The zero-order chi connectivity index (χ0) is 17.5. The average molecular weight is 324 g/mol. The van der Waals surface area contributed by atoms with Crippen molar-refractivity contribution in [1.82, 2.24) is 0 Å². The van der Waals surface area contributed by atoms with E-state index in [0.717, 1.165) is 22.3 Å². The van der Waals surface area contributed by atoms with E-state index in [4.69, 9.17) is 4.74 Å². The van der Waals surface area contributed by atoms with Gasteiger partial charge in [0.25, 0.3) is 0 Å². The Morgan fingerprint density at radius 1 is 1.04 bits per heavy atom. The van der Waals surface area contributed by atoms with Crippen molar-refractivity contribution in [2.45, 2.75) is 26.7 Å². The van der Waals surface area contributed by atoms with Gasteiger partial charge in [0, 0.05) is 18.6 Å². The molecule has 126 valence electrons. The van der Waals surface area contributed by atoms with Crippen LogP contribution in [0.15, 0.2) is 54.6 Å². The summed E-state index contributed by atoms with van der Waals surface area (Å²) in [5.41, 5.74) is 6.08. The fourth-order valence-electron chi connectivity index (χ4n) is 2.53. The maximum atomic E-state index is 11.5. The Morgan fingerprint density at radius 3 is 2.33 bits per heavy atom. The molecule has 2 aromatic carbocycles. The molecule has 1 N–H and O–H groups in total. The average Bonchev–Trinajstić information content (AvgIpc) is 2.57. The van der Waals surface area contributed by atoms with Crippen molar-refractivity contribution < 1.29 is 14.6 Å². The Morgan fingerprint density at radius 2 is 1.71 bits per heavy atom. The highest BCUT2D eigenvalue weighted by molar-refractivity contribution is 5.86. The number of hydrogen-bond donors (Lipinski definition) is 1. The number of carbonyl (C=O) groups is 1. The van der Waals surface area contributed by atoms with Crippen LogP contribution in [0.2, 0.25) is 0 Å². The Labute approximate surface area is 143 Å². The fraction of sp³-hybridized carbons (Fsp3) is 0.286. The molecule has 0 saturated heterocycles. The molecule has 2 aromatic rings. The second-order valence-corrected chi connectivity index (χ2v) is 5.99. The summed E-state index contributed by atoms with van der Waals surface area (Å²) >= 11 is 0. The first-order chi connectivity index (χ1) is 11.5. The molecule has 0 fully saturated rings. The van der Waals surface area contributed by atoms with Gasteiger partial charge in [-0.25, -0.2) is 4.79 Å². The van der Waals surface area contributed by atoms with E-state index in [1.165, 1.54) is 5.56 Å². The van der Waals surface area contributed by atoms with Crippen molar-refractivity contribution in [3.63, 3.8) is 0 Å².